The second kappa shape index (κ2) is 8.79. The van der Waals surface area contributed by atoms with Gasteiger partial charge in [-0.15, -0.1) is 13.2 Å². The van der Waals surface area contributed by atoms with Crippen molar-refractivity contribution >= 4 is 22.8 Å². The average Bonchev–Trinajstić information content (AvgIpc) is 2.76. The second-order valence-corrected chi connectivity index (χ2v) is 7.32. The van der Waals surface area contributed by atoms with E-state index in [-0.39, 0.29) is 11.6 Å². The number of fused-ring (bicyclic) bond motifs is 1. The molecule has 2 aromatic carbocycles. The lowest BCUT2D eigenvalue weighted by atomic mass is 10.0. The van der Waals surface area contributed by atoms with Crippen LogP contribution < -0.4 is 10.1 Å². The number of likely N-dealkylation sites (tertiary alicyclic amines) is 1. The lowest BCUT2D eigenvalue weighted by Crippen LogP contribution is -2.47. The quantitative estimate of drug-likeness (QED) is 0.639. The average molecular weight is 430 g/mol. The zero-order valence-corrected chi connectivity index (χ0v) is 16.6. The number of rotatable bonds is 5. The first kappa shape index (κ1) is 20.9. The Labute approximate surface area is 177 Å². The van der Waals surface area contributed by atoms with Crippen molar-refractivity contribution in [3.63, 3.8) is 0 Å². The number of benzene rings is 2. The van der Waals surface area contributed by atoms with E-state index in [1.54, 1.807) is 11.1 Å². The zero-order valence-electron chi connectivity index (χ0n) is 16.6. The molecule has 1 aliphatic rings. The van der Waals surface area contributed by atoms with Gasteiger partial charge in [0.25, 0.3) is 5.91 Å². The Balaban J connectivity index is 1.50. The van der Waals surface area contributed by atoms with Gasteiger partial charge in [0.1, 0.15) is 11.6 Å². The lowest BCUT2D eigenvalue weighted by Gasteiger charge is -2.36. The Morgan fingerprint density at radius 3 is 2.65 bits per heavy atom. The molecule has 162 valence electrons. The van der Waals surface area contributed by atoms with Crippen LogP contribution in [0.4, 0.5) is 19.0 Å². The van der Waals surface area contributed by atoms with Gasteiger partial charge in [-0.3, -0.25) is 9.78 Å². The smallest absolute Gasteiger partial charge is 0.405 e. The number of hydrogen-bond donors (Lipinski definition) is 1. The number of anilines is 1. The van der Waals surface area contributed by atoms with Crippen LogP contribution in [0, 0.1) is 0 Å². The Bertz CT molecular complexity index is 1070. The minimum absolute atomic E-state index is 0.0998. The van der Waals surface area contributed by atoms with Gasteiger partial charge in [0.2, 0.25) is 0 Å². The van der Waals surface area contributed by atoms with Crippen LogP contribution in [0.3, 0.4) is 0 Å². The summed E-state index contributed by atoms with van der Waals surface area (Å²) in [5, 5.41) is 3.22. The number of hydrogen-bond acceptors (Lipinski definition) is 5. The number of nitrogens with one attached hydrogen (secondary N) is 1. The first-order valence-electron chi connectivity index (χ1n) is 10.0. The summed E-state index contributed by atoms with van der Waals surface area (Å²) in [6, 6.07) is 12.8. The molecule has 1 aromatic heterocycles. The molecule has 4 rings (SSSR count). The van der Waals surface area contributed by atoms with Crippen LogP contribution in [-0.2, 0) is 0 Å². The number of carbonyl (C=O) groups excluding carboxylic acids is 1. The van der Waals surface area contributed by atoms with Gasteiger partial charge in [-0.05, 0) is 43.5 Å². The third-order valence-corrected chi connectivity index (χ3v) is 5.20. The van der Waals surface area contributed by atoms with Gasteiger partial charge in [0.15, 0.2) is 0 Å². The van der Waals surface area contributed by atoms with Crippen LogP contribution in [0.1, 0.15) is 29.6 Å². The number of amides is 1. The molecule has 1 amide bonds. The van der Waals surface area contributed by atoms with E-state index >= 15 is 0 Å². The summed E-state index contributed by atoms with van der Waals surface area (Å²) in [4.78, 5) is 23.6. The van der Waals surface area contributed by atoms with Crippen molar-refractivity contribution in [2.75, 3.05) is 18.4 Å². The van der Waals surface area contributed by atoms with E-state index in [9.17, 15) is 18.0 Å². The highest BCUT2D eigenvalue weighted by Crippen LogP contribution is 2.29. The molecule has 1 atom stereocenters. The van der Waals surface area contributed by atoms with Gasteiger partial charge in [-0.2, -0.15) is 0 Å². The number of carbonyl (C=O) groups is 1. The summed E-state index contributed by atoms with van der Waals surface area (Å²) in [5.41, 5.74) is 1.43. The van der Waals surface area contributed by atoms with Crippen LogP contribution in [-0.4, -0.2) is 46.3 Å². The fourth-order valence-electron chi connectivity index (χ4n) is 3.76. The molecule has 3 aromatic rings. The molecule has 0 radical (unpaired) electrons. The summed E-state index contributed by atoms with van der Waals surface area (Å²) < 4.78 is 42.3. The van der Waals surface area contributed by atoms with Crippen molar-refractivity contribution in [1.82, 2.24) is 14.9 Å². The number of nitrogens with zero attached hydrogens (tertiary/aromatic N) is 3. The van der Waals surface area contributed by atoms with Crippen molar-refractivity contribution in [3.05, 3.63) is 60.3 Å². The molecule has 1 saturated heterocycles. The topological polar surface area (TPSA) is 67.3 Å². The zero-order chi connectivity index (χ0) is 21.8. The lowest BCUT2D eigenvalue weighted by molar-refractivity contribution is -0.274. The molecule has 1 aliphatic heterocycles. The highest BCUT2D eigenvalue weighted by atomic mass is 19.4. The van der Waals surface area contributed by atoms with E-state index in [4.69, 9.17) is 0 Å². The maximum absolute atomic E-state index is 13.1. The summed E-state index contributed by atoms with van der Waals surface area (Å²) in [6.45, 7) is 0.885. The monoisotopic (exact) mass is 430 g/mol. The Hall–Kier alpha value is -3.36. The highest BCUT2D eigenvalue weighted by molar-refractivity contribution is 5.97. The van der Waals surface area contributed by atoms with Gasteiger partial charge >= 0.3 is 6.36 Å². The van der Waals surface area contributed by atoms with Crippen LogP contribution in [0.2, 0.25) is 0 Å². The predicted octanol–water partition coefficient (Wildman–Crippen LogP) is 4.64. The van der Waals surface area contributed by atoms with Gasteiger partial charge in [0.05, 0.1) is 22.8 Å². The third kappa shape index (κ3) is 5.04. The van der Waals surface area contributed by atoms with Crippen LogP contribution in [0.5, 0.6) is 5.75 Å². The molecular formula is C22H21F3N4O2. The van der Waals surface area contributed by atoms with E-state index in [0.717, 1.165) is 36.4 Å². The molecule has 9 heteroatoms. The van der Waals surface area contributed by atoms with Gasteiger partial charge < -0.3 is 15.0 Å². The summed E-state index contributed by atoms with van der Waals surface area (Å²) in [7, 11) is 0. The predicted molar refractivity (Wildman–Crippen MR) is 110 cm³/mol. The van der Waals surface area contributed by atoms with Gasteiger partial charge in [-0.25, -0.2) is 4.98 Å². The van der Waals surface area contributed by atoms with Crippen LogP contribution >= 0.6 is 0 Å². The Morgan fingerprint density at radius 1 is 1.10 bits per heavy atom. The maximum Gasteiger partial charge on any atom is 0.573 e. The Morgan fingerprint density at radius 2 is 1.84 bits per heavy atom. The highest BCUT2D eigenvalue weighted by Gasteiger charge is 2.35. The minimum Gasteiger partial charge on any atom is -0.405 e. The third-order valence-electron chi connectivity index (χ3n) is 5.20. The molecule has 0 spiro atoms. The summed E-state index contributed by atoms with van der Waals surface area (Å²) >= 11 is 0. The number of piperidine rings is 1. The number of halogens is 3. The van der Waals surface area contributed by atoms with Crippen molar-refractivity contribution < 1.29 is 22.7 Å². The van der Waals surface area contributed by atoms with E-state index in [0.29, 0.717) is 18.9 Å². The van der Waals surface area contributed by atoms with E-state index < -0.39 is 18.0 Å². The number of ether oxygens (including phenoxy) is 1. The number of para-hydroxylation sites is 3. The van der Waals surface area contributed by atoms with E-state index in [1.165, 1.54) is 18.2 Å². The largest absolute Gasteiger partial charge is 0.573 e. The minimum atomic E-state index is -4.87. The van der Waals surface area contributed by atoms with Gasteiger partial charge in [0, 0.05) is 19.1 Å². The van der Waals surface area contributed by atoms with Crippen molar-refractivity contribution in [2.24, 2.45) is 0 Å². The maximum atomic E-state index is 13.1. The van der Waals surface area contributed by atoms with Crippen LogP contribution in [0.25, 0.3) is 11.0 Å². The molecule has 0 bridgehead atoms. The van der Waals surface area contributed by atoms with Crippen LogP contribution in [0.15, 0.2) is 54.7 Å². The van der Waals surface area contributed by atoms with Crippen molar-refractivity contribution in [1.29, 1.82) is 0 Å². The van der Waals surface area contributed by atoms with Crippen molar-refractivity contribution in [2.45, 2.75) is 31.7 Å². The number of alkyl halides is 3. The fraction of sp³-hybridized carbons (Fsp3) is 0.318. The van der Waals surface area contributed by atoms with E-state index in [2.05, 4.69) is 20.0 Å². The SMILES string of the molecule is O=C(c1ccccc1OC(F)(F)F)N1CCCCC1CNc1cnc2ccccc2n1. The normalized spacial score (nSPS) is 16.9. The fourth-order valence-corrected chi connectivity index (χ4v) is 3.76. The second-order valence-electron chi connectivity index (χ2n) is 7.32. The summed E-state index contributed by atoms with van der Waals surface area (Å²) in [6.07, 6.45) is -0.777. The van der Waals surface area contributed by atoms with E-state index in [1.807, 2.05) is 24.3 Å². The molecule has 2 heterocycles. The molecule has 1 unspecified atom stereocenters. The Kier molecular flexibility index (Phi) is 5.92. The molecular weight excluding hydrogens is 409 g/mol. The molecule has 6 nitrogen and oxygen atoms in total. The molecule has 31 heavy (non-hydrogen) atoms. The molecule has 1 N–H and O–H groups in total. The standard InChI is InChI=1S/C22H21F3N4O2/c23-22(24,25)31-19-11-4-1-8-16(19)21(30)29-12-6-5-7-15(29)13-27-20-14-26-17-9-2-3-10-18(17)28-20/h1-4,8-11,14-15H,5-7,12-13H2,(H,27,28). The molecule has 0 saturated carbocycles. The first-order chi connectivity index (χ1) is 14.9. The summed E-state index contributed by atoms with van der Waals surface area (Å²) in [5.74, 6) is -0.383. The molecule has 0 aliphatic carbocycles. The van der Waals surface area contributed by atoms with Gasteiger partial charge in [-0.1, -0.05) is 24.3 Å². The first-order valence-corrected chi connectivity index (χ1v) is 10.0. The molecule has 1 fully saturated rings. The number of aromatic nitrogens is 2. The van der Waals surface area contributed by atoms with Crippen molar-refractivity contribution in [3.8, 4) is 5.75 Å².